The number of nitrogens with zero attached hydrogens (tertiary/aromatic N) is 4. The average Bonchev–Trinajstić information content (AvgIpc) is 3.09. The number of nitrogens with one attached hydrogen (secondary N) is 2. The number of hydrogen-bond acceptors (Lipinski definition) is 6. The molecule has 8 heteroatoms. The highest BCUT2D eigenvalue weighted by molar-refractivity contribution is 6.35. The lowest BCUT2D eigenvalue weighted by atomic mass is 9.59. The largest absolute Gasteiger partial charge is 0.398 e. The van der Waals surface area contributed by atoms with E-state index in [0.717, 1.165) is 67.1 Å². The van der Waals surface area contributed by atoms with Gasteiger partial charge in [-0.25, -0.2) is 0 Å². The third-order valence-corrected chi connectivity index (χ3v) is 9.90. The quantitative estimate of drug-likeness (QED) is 0.359. The van der Waals surface area contributed by atoms with E-state index < -0.39 is 0 Å². The van der Waals surface area contributed by atoms with Gasteiger partial charge in [0, 0.05) is 72.5 Å². The highest BCUT2D eigenvalue weighted by Crippen LogP contribution is 2.56. The molecule has 3 aliphatic rings. The van der Waals surface area contributed by atoms with E-state index in [1.807, 2.05) is 13.0 Å². The Morgan fingerprint density at radius 3 is 2.51 bits per heavy atom. The number of rotatable bonds is 5. The summed E-state index contributed by atoms with van der Waals surface area (Å²) in [6.45, 7) is 20.7. The Hall–Kier alpha value is -2.09. The Morgan fingerprint density at radius 2 is 1.92 bits per heavy atom. The highest BCUT2D eigenvalue weighted by atomic mass is 35.5. The lowest BCUT2D eigenvalue weighted by Gasteiger charge is -2.62. The molecule has 3 heterocycles. The Bertz CT molecular complexity index is 1210. The van der Waals surface area contributed by atoms with E-state index in [4.69, 9.17) is 27.8 Å². The van der Waals surface area contributed by atoms with Crippen molar-refractivity contribution in [1.29, 1.82) is 5.41 Å². The fourth-order valence-electron chi connectivity index (χ4n) is 6.77. The topological polar surface area (TPSA) is 86.2 Å². The summed E-state index contributed by atoms with van der Waals surface area (Å²) < 4.78 is 2.27. The van der Waals surface area contributed by atoms with E-state index >= 15 is 0 Å². The second-order valence-corrected chi connectivity index (χ2v) is 13.4. The summed E-state index contributed by atoms with van der Waals surface area (Å²) >= 11 is 7.01. The van der Waals surface area contributed by atoms with Crippen LogP contribution >= 0.6 is 11.6 Å². The number of aryl methyl sites for hydroxylation is 1. The van der Waals surface area contributed by atoms with Crippen LogP contribution in [0.15, 0.2) is 6.07 Å². The number of nitrogens with two attached hydrogens (primary N) is 1. The van der Waals surface area contributed by atoms with Crippen molar-refractivity contribution in [2.75, 3.05) is 43.4 Å². The average molecular weight is 526 g/mol. The highest BCUT2D eigenvalue weighted by Gasteiger charge is 2.55. The van der Waals surface area contributed by atoms with Crippen molar-refractivity contribution in [2.45, 2.75) is 84.8 Å². The lowest BCUT2D eigenvalue weighted by Crippen LogP contribution is -2.67. The van der Waals surface area contributed by atoms with Crippen LogP contribution in [0.25, 0.3) is 11.1 Å². The number of hydrogen-bond donors (Lipinski definition) is 3. The van der Waals surface area contributed by atoms with Crippen LogP contribution < -0.4 is 16.0 Å². The molecular weight excluding hydrogens is 482 g/mol. The molecule has 7 nitrogen and oxygen atoms in total. The molecule has 37 heavy (non-hydrogen) atoms. The number of likely N-dealkylation sites (tertiary alicyclic amines) is 1. The molecule has 1 aliphatic carbocycles. The van der Waals surface area contributed by atoms with Gasteiger partial charge in [0.2, 0.25) is 0 Å². The summed E-state index contributed by atoms with van der Waals surface area (Å²) in [5.74, 6) is 0.976. The molecule has 1 saturated carbocycles. The first kappa shape index (κ1) is 26.5. The SMILES string of the molecule is CC[C@@]1(C)CNCCN1c1nn(C2CC3(C2)CN(C(C)(C)C)C3)c(C)c1-c1c(Cl)c(C)cc(N)c1C=N. The van der Waals surface area contributed by atoms with Gasteiger partial charge in [-0.1, -0.05) is 18.5 Å². The Labute approximate surface area is 227 Å². The lowest BCUT2D eigenvalue weighted by molar-refractivity contribution is -0.127. The summed E-state index contributed by atoms with van der Waals surface area (Å²) in [7, 11) is 0. The fraction of sp³-hybridized carbons (Fsp3) is 0.655. The van der Waals surface area contributed by atoms with Crippen LogP contribution in [0.1, 0.15) is 76.7 Å². The van der Waals surface area contributed by atoms with Crippen LogP contribution in [0.3, 0.4) is 0 Å². The van der Waals surface area contributed by atoms with Crippen LogP contribution in [0.4, 0.5) is 11.5 Å². The molecule has 3 fully saturated rings. The molecule has 2 saturated heterocycles. The molecule has 0 bridgehead atoms. The van der Waals surface area contributed by atoms with Gasteiger partial charge in [-0.05, 0) is 77.8 Å². The third-order valence-electron chi connectivity index (χ3n) is 9.42. The maximum atomic E-state index is 8.21. The first-order valence-electron chi connectivity index (χ1n) is 13.8. The van der Waals surface area contributed by atoms with E-state index in [-0.39, 0.29) is 11.1 Å². The second kappa shape index (κ2) is 8.99. The molecule has 1 atom stereocenters. The third kappa shape index (κ3) is 4.18. The number of piperazine rings is 1. The van der Waals surface area contributed by atoms with Crippen molar-refractivity contribution >= 4 is 29.3 Å². The molecule has 1 spiro atoms. The normalized spacial score (nSPS) is 24.3. The van der Waals surface area contributed by atoms with Gasteiger partial charge in [0.15, 0.2) is 5.82 Å². The van der Waals surface area contributed by atoms with E-state index in [1.165, 1.54) is 19.3 Å². The molecule has 4 N–H and O–H groups in total. The van der Waals surface area contributed by atoms with Crippen molar-refractivity contribution in [3.05, 3.63) is 27.9 Å². The van der Waals surface area contributed by atoms with Crippen LogP contribution in [0, 0.1) is 24.7 Å². The van der Waals surface area contributed by atoms with Crippen molar-refractivity contribution in [1.82, 2.24) is 20.0 Å². The van der Waals surface area contributed by atoms with Gasteiger partial charge in [0.25, 0.3) is 0 Å². The zero-order valence-electron chi connectivity index (χ0n) is 23.6. The van der Waals surface area contributed by atoms with E-state index in [2.05, 4.69) is 61.3 Å². The van der Waals surface area contributed by atoms with Crippen LogP contribution in [-0.2, 0) is 0 Å². The maximum Gasteiger partial charge on any atom is 0.159 e. The predicted molar refractivity (Wildman–Crippen MR) is 155 cm³/mol. The fourth-order valence-corrected chi connectivity index (χ4v) is 7.03. The summed E-state index contributed by atoms with van der Waals surface area (Å²) in [4.78, 5) is 5.07. The molecule has 0 unspecified atom stereocenters. The number of benzene rings is 1. The number of halogens is 1. The van der Waals surface area contributed by atoms with Crippen LogP contribution in [0.5, 0.6) is 0 Å². The smallest absolute Gasteiger partial charge is 0.159 e. The van der Waals surface area contributed by atoms with Gasteiger partial charge in [-0.15, -0.1) is 0 Å². The molecule has 2 aliphatic heterocycles. The molecule has 0 radical (unpaired) electrons. The molecular formula is C29H44ClN7. The monoisotopic (exact) mass is 525 g/mol. The van der Waals surface area contributed by atoms with Gasteiger partial charge in [-0.2, -0.15) is 5.10 Å². The van der Waals surface area contributed by atoms with E-state index in [0.29, 0.717) is 27.7 Å². The van der Waals surface area contributed by atoms with Gasteiger partial charge in [-0.3, -0.25) is 9.58 Å². The second-order valence-electron chi connectivity index (χ2n) is 13.0. The zero-order chi connectivity index (χ0) is 26.9. The predicted octanol–water partition coefficient (Wildman–Crippen LogP) is 5.41. The molecule has 1 aromatic carbocycles. The summed E-state index contributed by atoms with van der Waals surface area (Å²) in [6, 6.07) is 2.26. The Morgan fingerprint density at radius 1 is 1.24 bits per heavy atom. The molecule has 1 aromatic heterocycles. The Kier molecular flexibility index (Phi) is 6.44. The van der Waals surface area contributed by atoms with E-state index in [1.54, 1.807) is 0 Å². The Balaban J connectivity index is 1.60. The first-order chi connectivity index (χ1) is 17.3. The molecule has 0 amide bonds. The number of aromatic nitrogens is 2. The number of anilines is 2. The first-order valence-corrected chi connectivity index (χ1v) is 14.1. The summed E-state index contributed by atoms with van der Waals surface area (Å²) in [6.07, 6.45) is 4.67. The van der Waals surface area contributed by atoms with Gasteiger partial charge in [0.05, 0.1) is 16.6 Å². The molecule has 2 aromatic rings. The molecule has 202 valence electrons. The van der Waals surface area contributed by atoms with Crippen LogP contribution in [-0.4, -0.2) is 64.7 Å². The standard InChI is InChI=1S/C29H44ClN7/c1-8-28(7)15-33-9-10-36(28)26-23(24-21(14-31)22(32)11-18(2)25(24)30)19(3)37(34-26)20-12-29(13-20)16-35(17-29)27(4,5)6/h11,14,20,31,33H,8-10,12-13,15-17,32H2,1-7H3/t28-/m0/s1. The van der Waals surface area contributed by atoms with Gasteiger partial charge in [0.1, 0.15) is 0 Å². The molecule has 5 rings (SSSR count). The summed E-state index contributed by atoms with van der Waals surface area (Å²) in [5, 5.41) is 17.8. The maximum absolute atomic E-state index is 8.21. The minimum Gasteiger partial charge on any atom is -0.398 e. The number of nitrogen functional groups attached to an aromatic ring is 1. The zero-order valence-corrected chi connectivity index (χ0v) is 24.4. The van der Waals surface area contributed by atoms with E-state index in [9.17, 15) is 0 Å². The minimum atomic E-state index is -0.0622. The van der Waals surface area contributed by atoms with Crippen LogP contribution in [0.2, 0.25) is 5.02 Å². The van der Waals surface area contributed by atoms with Crippen molar-refractivity contribution in [3.63, 3.8) is 0 Å². The van der Waals surface area contributed by atoms with Crippen molar-refractivity contribution in [3.8, 4) is 11.1 Å². The van der Waals surface area contributed by atoms with Crippen molar-refractivity contribution in [2.24, 2.45) is 5.41 Å². The van der Waals surface area contributed by atoms with Gasteiger partial charge >= 0.3 is 0 Å². The summed E-state index contributed by atoms with van der Waals surface area (Å²) in [5.41, 5.74) is 12.2. The minimum absolute atomic E-state index is 0.0622. The van der Waals surface area contributed by atoms with Gasteiger partial charge < -0.3 is 21.4 Å². The van der Waals surface area contributed by atoms with Crippen molar-refractivity contribution < 1.29 is 0 Å².